The molecule has 0 spiro atoms. The Bertz CT molecular complexity index is 691. The van der Waals surface area contributed by atoms with E-state index in [9.17, 15) is 13.2 Å². The monoisotopic (exact) mass is 367 g/mol. The molecule has 2 fully saturated rings. The molecule has 7 nitrogen and oxygen atoms in total. The summed E-state index contributed by atoms with van der Waals surface area (Å²) in [6.45, 7) is 3.66. The van der Waals surface area contributed by atoms with Crippen LogP contribution in [-0.4, -0.2) is 76.0 Å². The zero-order valence-electron chi connectivity index (χ0n) is 14.5. The van der Waals surface area contributed by atoms with Gasteiger partial charge in [-0.15, -0.1) is 0 Å². The summed E-state index contributed by atoms with van der Waals surface area (Å²) in [6.07, 6.45) is 2.07. The lowest BCUT2D eigenvalue weighted by atomic mass is 10.2. The topological polar surface area (TPSA) is 79.0 Å². The first-order valence-corrected chi connectivity index (χ1v) is 10.1. The molecule has 0 unspecified atom stereocenters. The largest absolute Gasteiger partial charge is 0.376 e. The number of benzene rings is 1. The zero-order valence-corrected chi connectivity index (χ0v) is 15.3. The van der Waals surface area contributed by atoms with E-state index in [4.69, 9.17) is 4.74 Å². The Balaban J connectivity index is 1.61. The van der Waals surface area contributed by atoms with Gasteiger partial charge in [-0.3, -0.25) is 4.79 Å². The first-order valence-electron chi connectivity index (χ1n) is 8.65. The Morgan fingerprint density at radius 2 is 1.88 bits per heavy atom. The molecule has 3 rings (SSSR count). The minimum atomic E-state index is -3.50. The molecule has 1 amide bonds. The van der Waals surface area contributed by atoms with Crippen LogP contribution >= 0.6 is 0 Å². The van der Waals surface area contributed by atoms with E-state index in [1.807, 2.05) is 7.05 Å². The Kier molecular flexibility index (Phi) is 5.73. The lowest BCUT2D eigenvalue weighted by Gasteiger charge is -2.31. The first kappa shape index (κ1) is 18.3. The maximum Gasteiger partial charge on any atom is 0.251 e. The third kappa shape index (κ3) is 4.38. The number of carbonyl (C=O) groups excluding carboxylic acids is 1. The second-order valence-electron chi connectivity index (χ2n) is 6.58. The highest BCUT2D eigenvalue weighted by atomic mass is 32.2. The van der Waals surface area contributed by atoms with Gasteiger partial charge in [0.1, 0.15) is 0 Å². The van der Waals surface area contributed by atoms with Crippen molar-refractivity contribution >= 4 is 15.9 Å². The molecular weight excluding hydrogens is 342 g/mol. The summed E-state index contributed by atoms with van der Waals surface area (Å²) in [4.78, 5) is 14.5. The molecule has 2 aliphatic heterocycles. The van der Waals surface area contributed by atoms with Gasteiger partial charge in [-0.25, -0.2) is 8.42 Å². The van der Waals surface area contributed by atoms with Gasteiger partial charge in [0.2, 0.25) is 10.0 Å². The fourth-order valence-corrected chi connectivity index (χ4v) is 4.49. The summed E-state index contributed by atoms with van der Waals surface area (Å²) in [7, 11) is -1.52. The number of likely N-dealkylation sites (N-methyl/N-ethyl adjacent to an activating group) is 1. The molecule has 2 aliphatic rings. The molecule has 1 N–H and O–H groups in total. The molecule has 1 aromatic rings. The van der Waals surface area contributed by atoms with Crippen molar-refractivity contribution in [2.75, 3.05) is 46.4 Å². The molecule has 0 saturated carbocycles. The summed E-state index contributed by atoms with van der Waals surface area (Å²) in [5.74, 6) is -0.209. The fourth-order valence-electron chi connectivity index (χ4n) is 3.07. The van der Waals surface area contributed by atoms with E-state index < -0.39 is 10.0 Å². The number of amides is 1. The van der Waals surface area contributed by atoms with Crippen molar-refractivity contribution in [3.63, 3.8) is 0 Å². The van der Waals surface area contributed by atoms with Crippen LogP contribution in [0.3, 0.4) is 0 Å². The summed E-state index contributed by atoms with van der Waals surface area (Å²) in [5, 5.41) is 2.84. The van der Waals surface area contributed by atoms with Crippen molar-refractivity contribution in [3.05, 3.63) is 29.8 Å². The standard InChI is InChI=1S/C17H25N3O4S/c1-19-8-10-20(11-9-19)25(22,23)16-6-4-14(5-7-16)17(21)18-13-15-3-2-12-24-15/h4-7,15H,2-3,8-13H2,1H3,(H,18,21)/t15-/m1/s1. The van der Waals surface area contributed by atoms with E-state index in [-0.39, 0.29) is 16.9 Å². The van der Waals surface area contributed by atoms with Gasteiger partial charge >= 0.3 is 0 Å². The van der Waals surface area contributed by atoms with Crippen LogP contribution in [0.5, 0.6) is 0 Å². The van der Waals surface area contributed by atoms with Gasteiger partial charge in [0.15, 0.2) is 0 Å². The molecule has 0 bridgehead atoms. The highest BCUT2D eigenvalue weighted by molar-refractivity contribution is 7.89. The first-order chi connectivity index (χ1) is 12.0. The van der Waals surface area contributed by atoms with Crippen molar-refractivity contribution in [2.45, 2.75) is 23.8 Å². The average molecular weight is 367 g/mol. The maximum atomic E-state index is 12.7. The van der Waals surface area contributed by atoms with Crippen molar-refractivity contribution in [1.82, 2.24) is 14.5 Å². The Hall–Kier alpha value is -1.48. The van der Waals surface area contributed by atoms with Crippen molar-refractivity contribution < 1.29 is 17.9 Å². The zero-order chi connectivity index (χ0) is 17.9. The van der Waals surface area contributed by atoms with Gasteiger partial charge in [0, 0.05) is 44.9 Å². The number of nitrogens with one attached hydrogen (secondary N) is 1. The minimum Gasteiger partial charge on any atom is -0.376 e. The minimum absolute atomic E-state index is 0.0841. The Morgan fingerprint density at radius 1 is 1.20 bits per heavy atom. The number of sulfonamides is 1. The predicted molar refractivity (Wildman–Crippen MR) is 94.0 cm³/mol. The third-order valence-electron chi connectivity index (χ3n) is 4.73. The Morgan fingerprint density at radius 3 is 2.48 bits per heavy atom. The molecule has 2 saturated heterocycles. The van der Waals surface area contributed by atoms with Gasteiger partial charge in [-0.2, -0.15) is 4.31 Å². The number of nitrogens with zero attached hydrogens (tertiary/aromatic N) is 2. The molecular formula is C17H25N3O4S. The van der Waals surface area contributed by atoms with E-state index in [0.29, 0.717) is 25.2 Å². The van der Waals surface area contributed by atoms with E-state index >= 15 is 0 Å². The van der Waals surface area contributed by atoms with Gasteiger partial charge in [0.05, 0.1) is 11.0 Å². The molecule has 1 atom stereocenters. The Labute approximate surface area is 149 Å². The molecule has 8 heteroatoms. The van der Waals surface area contributed by atoms with Crippen LogP contribution in [0.4, 0.5) is 0 Å². The van der Waals surface area contributed by atoms with E-state index in [1.54, 1.807) is 12.1 Å². The van der Waals surface area contributed by atoms with Crippen LogP contribution in [0.25, 0.3) is 0 Å². The number of rotatable bonds is 5. The highest BCUT2D eigenvalue weighted by Gasteiger charge is 2.27. The summed E-state index contributed by atoms with van der Waals surface area (Å²) in [5.41, 5.74) is 0.454. The fraction of sp³-hybridized carbons (Fsp3) is 0.588. The number of carbonyl (C=O) groups is 1. The van der Waals surface area contributed by atoms with Crippen molar-refractivity contribution in [3.8, 4) is 0 Å². The quantitative estimate of drug-likeness (QED) is 0.821. The van der Waals surface area contributed by atoms with Crippen molar-refractivity contribution in [2.24, 2.45) is 0 Å². The highest BCUT2D eigenvalue weighted by Crippen LogP contribution is 2.18. The molecule has 2 heterocycles. The van der Waals surface area contributed by atoms with Crippen LogP contribution < -0.4 is 5.32 Å². The molecule has 138 valence electrons. The van der Waals surface area contributed by atoms with Gasteiger partial charge in [-0.05, 0) is 44.2 Å². The summed E-state index contributed by atoms with van der Waals surface area (Å²) < 4.78 is 32.3. The summed E-state index contributed by atoms with van der Waals surface area (Å²) in [6, 6.07) is 6.14. The van der Waals surface area contributed by atoms with Crippen LogP contribution in [-0.2, 0) is 14.8 Å². The molecule has 0 radical (unpaired) electrons. The lowest BCUT2D eigenvalue weighted by Crippen LogP contribution is -2.47. The molecule has 0 aromatic heterocycles. The number of ether oxygens (including phenoxy) is 1. The molecule has 25 heavy (non-hydrogen) atoms. The second-order valence-corrected chi connectivity index (χ2v) is 8.51. The number of hydrogen-bond donors (Lipinski definition) is 1. The lowest BCUT2D eigenvalue weighted by molar-refractivity contribution is 0.0857. The third-order valence-corrected chi connectivity index (χ3v) is 6.64. The van der Waals surface area contributed by atoms with Crippen LogP contribution in [0, 0.1) is 0 Å². The smallest absolute Gasteiger partial charge is 0.251 e. The summed E-state index contributed by atoms with van der Waals surface area (Å²) >= 11 is 0. The van der Waals surface area contributed by atoms with Gasteiger partial charge < -0.3 is 15.0 Å². The predicted octanol–water partition coefficient (Wildman–Crippen LogP) is 0.532. The normalized spacial score (nSPS) is 22.8. The number of piperazine rings is 1. The molecule has 1 aromatic carbocycles. The number of hydrogen-bond acceptors (Lipinski definition) is 5. The van der Waals surface area contributed by atoms with Crippen molar-refractivity contribution in [1.29, 1.82) is 0 Å². The van der Waals surface area contributed by atoms with Gasteiger partial charge in [-0.1, -0.05) is 0 Å². The SMILES string of the molecule is CN1CCN(S(=O)(=O)c2ccc(C(=O)NC[C@H]3CCCO3)cc2)CC1. The van der Waals surface area contributed by atoms with Crippen LogP contribution in [0.1, 0.15) is 23.2 Å². The van der Waals surface area contributed by atoms with Crippen LogP contribution in [0.2, 0.25) is 0 Å². The van der Waals surface area contributed by atoms with E-state index in [1.165, 1.54) is 16.4 Å². The van der Waals surface area contributed by atoms with E-state index in [0.717, 1.165) is 32.5 Å². The maximum absolute atomic E-state index is 12.7. The van der Waals surface area contributed by atoms with Crippen LogP contribution in [0.15, 0.2) is 29.2 Å². The average Bonchev–Trinajstić information content (AvgIpc) is 3.14. The molecule has 0 aliphatic carbocycles. The second kappa shape index (κ2) is 7.82. The van der Waals surface area contributed by atoms with Gasteiger partial charge in [0.25, 0.3) is 5.91 Å². The van der Waals surface area contributed by atoms with E-state index in [2.05, 4.69) is 10.2 Å².